The van der Waals surface area contributed by atoms with Gasteiger partial charge >= 0.3 is 6.18 Å². The molecule has 0 saturated carbocycles. The van der Waals surface area contributed by atoms with E-state index in [1.54, 1.807) is 0 Å². The van der Waals surface area contributed by atoms with Crippen LogP contribution in [0.5, 0.6) is 0 Å². The summed E-state index contributed by atoms with van der Waals surface area (Å²) in [6.45, 7) is 6.34. The van der Waals surface area contributed by atoms with E-state index in [-0.39, 0.29) is 22.0 Å². The molecule has 0 radical (unpaired) electrons. The van der Waals surface area contributed by atoms with Crippen molar-refractivity contribution in [3.63, 3.8) is 0 Å². The van der Waals surface area contributed by atoms with Crippen LogP contribution in [-0.2, 0) is 16.4 Å². The molecule has 2 heterocycles. The number of anilines is 1. The first-order valence-electron chi connectivity index (χ1n) is 9.33. The second-order valence-corrected chi connectivity index (χ2v) is 9.24. The van der Waals surface area contributed by atoms with E-state index in [4.69, 9.17) is 17.4 Å². The van der Waals surface area contributed by atoms with Gasteiger partial charge in [-0.3, -0.25) is 4.79 Å². The Labute approximate surface area is 191 Å². The Morgan fingerprint density at radius 2 is 1.81 bits per heavy atom. The number of aromatic nitrogens is 4. The van der Waals surface area contributed by atoms with E-state index >= 15 is 0 Å². The molecule has 0 aliphatic heterocycles. The number of benzene rings is 1. The van der Waals surface area contributed by atoms with Gasteiger partial charge in [0.25, 0.3) is 0 Å². The summed E-state index contributed by atoms with van der Waals surface area (Å²) in [5, 5.41) is 10.4. The normalized spacial score (nSPS) is 12.1. The van der Waals surface area contributed by atoms with Gasteiger partial charge in [-0.2, -0.15) is 13.2 Å². The number of carbonyl (C=O) groups excluding carboxylic acids is 1. The summed E-state index contributed by atoms with van der Waals surface area (Å²) < 4.78 is 39.3. The number of nitrogens with zero attached hydrogens (tertiary/aromatic N) is 4. The molecule has 1 amide bonds. The third kappa shape index (κ3) is 5.52. The van der Waals surface area contributed by atoms with Gasteiger partial charge in [0.2, 0.25) is 11.1 Å². The number of thioether (sulfide) groups is 1. The van der Waals surface area contributed by atoms with Gasteiger partial charge in [0, 0.05) is 11.8 Å². The molecule has 0 atom stereocenters. The lowest BCUT2D eigenvalue weighted by Crippen LogP contribution is -2.18. The van der Waals surface area contributed by atoms with Gasteiger partial charge in [0.15, 0.2) is 11.6 Å². The smallest absolute Gasteiger partial charge is 0.335 e. The molecular formula is C20H20ClF3N6OS. The SMILES string of the molecule is CC(C)(C)c1ccc(-c2nnc(SCC(=O)Nc3ncc(C(F)(F)F)cc3Cl)n2N)cc1. The molecule has 3 rings (SSSR count). The number of amides is 1. The van der Waals surface area contributed by atoms with Crippen molar-refractivity contribution in [2.75, 3.05) is 16.9 Å². The lowest BCUT2D eigenvalue weighted by atomic mass is 9.87. The van der Waals surface area contributed by atoms with Crippen molar-refractivity contribution in [1.29, 1.82) is 0 Å². The summed E-state index contributed by atoms with van der Waals surface area (Å²) in [5.74, 6) is 5.68. The zero-order chi connectivity index (χ0) is 23.7. The Hall–Kier alpha value is -2.79. The zero-order valence-corrected chi connectivity index (χ0v) is 18.9. The fraction of sp³-hybridized carbons (Fsp3) is 0.300. The van der Waals surface area contributed by atoms with E-state index in [2.05, 4.69) is 41.3 Å². The van der Waals surface area contributed by atoms with Crippen molar-refractivity contribution in [1.82, 2.24) is 19.9 Å². The van der Waals surface area contributed by atoms with Crippen molar-refractivity contribution < 1.29 is 18.0 Å². The Kier molecular flexibility index (Phi) is 6.70. The van der Waals surface area contributed by atoms with Crippen LogP contribution in [0.25, 0.3) is 11.4 Å². The van der Waals surface area contributed by atoms with Gasteiger partial charge < -0.3 is 11.2 Å². The van der Waals surface area contributed by atoms with E-state index in [9.17, 15) is 18.0 Å². The second kappa shape index (κ2) is 8.99. The number of hydrogen-bond donors (Lipinski definition) is 2. The van der Waals surface area contributed by atoms with E-state index in [1.807, 2.05) is 24.3 Å². The highest BCUT2D eigenvalue weighted by Crippen LogP contribution is 2.32. The Balaban J connectivity index is 1.64. The van der Waals surface area contributed by atoms with Crippen LogP contribution in [-0.4, -0.2) is 31.5 Å². The van der Waals surface area contributed by atoms with Crippen molar-refractivity contribution in [2.45, 2.75) is 37.5 Å². The highest BCUT2D eigenvalue weighted by Gasteiger charge is 2.31. The molecular weight excluding hydrogens is 465 g/mol. The van der Waals surface area contributed by atoms with E-state index in [0.29, 0.717) is 23.2 Å². The first-order chi connectivity index (χ1) is 14.9. The van der Waals surface area contributed by atoms with Gasteiger partial charge in [-0.25, -0.2) is 9.66 Å². The van der Waals surface area contributed by atoms with Crippen molar-refractivity contribution in [2.24, 2.45) is 0 Å². The maximum Gasteiger partial charge on any atom is 0.417 e. The first kappa shape index (κ1) is 23.9. The van der Waals surface area contributed by atoms with Crippen LogP contribution in [0.4, 0.5) is 19.0 Å². The van der Waals surface area contributed by atoms with E-state index < -0.39 is 17.6 Å². The fourth-order valence-electron chi connectivity index (χ4n) is 2.67. The van der Waals surface area contributed by atoms with Crippen LogP contribution >= 0.6 is 23.4 Å². The lowest BCUT2D eigenvalue weighted by molar-refractivity contribution is -0.137. The van der Waals surface area contributed by atoms with Crippen LogP contribution in [0.15, 0.2) is 41.7 Å². The number of halogens is 4. The van der Waals surface area contributed by atoms with Crippen LogP contribution < -0.4 is 11.2 Å². The topological polar surface area (TPSA) is 98.7 Å². The zero-order valence-electron chi connectivity index (χ0n) is 17.4. The largest absolute Gasteiger partial charge is 0.417 e. The maximum atomic E-state index is 12.7. The molecule has 12 heteroatoms. The highest BCUT2D eigenvalue weighted by atomic mass is 35.5. The van der Waals surface area contributed by atoms with Crippen molar-refractivity contribution in [3.05, 3.63) is 52.7 Å². The van der Waals surface area contributed by atoms with Crippen LogP contribution in [0.3, 0.4) is 0 Å². The molecule has 2 aromatic heterocycles. The predicted molar refractivity (Wildman–Crippen MR) is 118 cm³/mol. The third-order valence-corrected chi connectivity index (χ3v) is 5.66. The number of hydrogen-bond acceptors (Lipinski definition) is 6. The standard InChI is InChI=1S/C20H20ClF3N6OS/c1-19(2,3)12-6-4-11(5-7-12)17-28-29-18(30(17)25)32-10-15(31)27-16-14(21)8-13(9-26-16)20(22,23)24/h4-9H,10,25H2,1-3H3,(H,26,27,31). The number of rotatable bonds is 5. The summed E-state index contributed by atoms with van der Waals surface area (Å²) in [6.07, 6.45) is -3.98. The maximum absolute atomic E-state index is 12.7. The summed E-state index contributed by atoms with van der Waals surface area (Å²) in [7, 11) is 0. The molecule has 0 bridgehead atoms. The average Bonchev–Trinajstić information content (AvgIpc) is 3.07. The summed E-state index contributed by atoms with van der Waals surface area (Å²) >= 11 is 6.81. The van der Waals surface area contributed by atoms with Crippen LogP contribution in [0, 0.1) is 0 Å². The molecule has 7 nitrogen and oxygen atoms in total. The fourth-order valence-corrected chi connectivity index (χ4v) is 3.54. The van der Waals surface area contributed by atoms with Gasteiger partial charge in [-0.05, 0) is 17.0 Å². The molecule has 0 aliphatic carbocycles. The quantitative estimate of drug-likeness (QED) is 0.400. The predicted octanol–water partition coefficient (Wildman–Crippen LogP) is 4.75. The Morgan fingerprint density at radius 3 is 2.38 bits per heavy atom. The highest BCUT2D eigenvalue weighted by molar-refractivity contribution is 7.99. The van der Waals surface area contributed by atoms with Gasteiger partial charge in [0.1, 0.15) is 0 Å². The molecule has 32 heavy (non-hydrogen) atoms. The van der Waals surface area contributed by atoms with Crippen molar-refractivity contribution in [3.8, 4) is 11.4 Å². The Morgan fingerprint density at radius 1 is 1.16 bits per heavy atom. The molecule has 3 N–H and O–H groups in total. The van der Waals surface area contributed by atoms with Crippen LogP contribution in [0.1, 0.15) is 31.9 Å². The van der Waals surface area contributed by atoms with E-state index in [1.165, 1.54) is 4.68 Å². The second-order valence-electron chi connectivity index (χ2n) is 7.89. The van der Waals surface area contributed by atoms with Crippen LogP contribution in [0.2, 0.25) is 5.02 Å². The number of carbonyl (C=O) groups is 1. The Bertz CT molecular complexity index is 1130. The minimum Gasteiger partial charge on any atom is -0.335 e. The number of pyridine rings is 1. The average molecular weight is 485 g/mol. The van der Waals surface area contributed by atoms with Gasteiger partial charge in [-0.1, -0.05) is 68.4 Å². The monoisotopic (exact) mass is 484 g/mol. The minimum atomic E-state index is -4.58. The lowest BCUT2D eigenvalue weighted by Gasteiger charge is -2.19. The molecule has 170 valence electrons. The summed E-state index contributed by atoms with van der Waals surface area (Å²) in [5.41, 5.74) is 0.930. The number of alkyl halides is 3. The van der Waals surface area contributed by atoms with Crippen molar-refractivity contribution >= 4 is 35.1 Å². The summed E-state index contributed by atoms with van der Waals surface area (Å²) in [4.78, 5) is 15.8. The molecule has 1 aromatic carbocycles. The minimum absolute atomic E-state index is 0.00805. The first-order valence-corrected chi connectivity index (χ1v) is 10.7. The molecule has 0 saturated heterocycles. The molecule has 0 spiro atoms. The molecule has 0 aliphatic rings. The number of nitrogens with two attached hydrogens (primary N) is 1. The van der Waals surface area contributed by atoms with Gasteiger partial charge in [-0.15, -0.1) is 10.2 Å². The summed E-state index contributed by atoms with van der Waals surface area (Å²) in [6, 6.07) is 8.47. The third-order valence-electron chi connectivity index (χ3n) is 4.43. The molecule has 0 unspecified atom stereocenters. The number of nitrogens with one attached hydrogen (secondary N) is 1. The molecule has 0 fully saturated rings. The van der Waals surface area contributed by atoms with Gasteiger partial charge in [0.05, 0.1) is 16.3 Å². The van der Waals surface area contributed by atoms with E-state index in [0.717, 1.165) is 22.9 Å². The number of nitrogen functional groups attached to an aromatic ring is 1. The molecule has 3 aromatic rings.